The van der Waals surface area contributed by atoms with Crippen LogP contribution in [0.15, 0.2) is 54.9 Å². The fourth-order valence-electron chi connectivity index (χ4n) is 4.64. The van der Waals surface area contributed by atoms with E-state index in [1.165, 1.54) is 12.1 Å². The highest BCUT2D eigenvalue weighted by Crippen LogP contribution is 2.35. The van der Waals surface area contributed by atoms with E-state index in [-0.39, 0.29) is 29.2 Å². The van der Waals surface area contributed by atoms with Crippen molar-refractivity contribution in [3.05, 3.63) is 66.0 Å². The van der Waals surface area contributed by atoms with E-state index in [1.54, 1.807) is 24.4 Å². The number of pyridine rings is 2. The van der Waals surface area contributed by atoms with Crippen LogP contribution < -0.4 is 15.4 Å². The van der Waals surface area contributed by atoms with E-state index in [1.807, 2.05) is 4.90 Å². The molecular formula is C27H24F3N7O3. The molecule has 40 heavy (non-hydrogen) atoms. The summed E-state index contributed by atoms with van der Waals surface area (Å²) in [5.41, 5.74) is -0.174. The van der Waals surface area contributed by atoms with Gasteiger partial charge in [0.2, 0.25) is 5.91 Å². The largest absolute Gasteiger partial charge is 0.456 e. The number of anilines is 2. The van der Waals surface area contributed by atoms with E-state index in [0.29, 0.717) is 41.4 Å². The highest BCUT2D eigenvalue weighted by molar-refractivity contribution is 6.03. The number of amides is 2. The van der Waals surface area contributed by atoms with Crippen LogP contribution in [0.1, 0.15) is 35.2 Å². The molecule has 6 rings (SSSR count). The van der Waals surface area contributed by atoms with Crippen molar-refractivity contribution < 1.29 is 27.5 Å². The average molecular weight is 552 g/mol. The molecule has 4 heterocycles. The highest BCUT2D eigenvalue weighted by atomic mass is 19.4. The first-order valence-corrected chi connectivity index (χ1v) is 12.8. The molecule has 1 saturated carbocycles. The van der Waals surface area contributed by atoms with Crippen molar-refractivity contribution in [2.75, 3.05) is 23.7 Å². The normalized spacial score (nSPS) is 17.2. The highest BCUT2D eigenvalue weighted by Gasteiger charge is 2.37. The predicted octanol–water partition coefficient (Wildman–Crippen LogP) is 4.84. The van der Waals surface area contributed by atoms with Crippen LogP contribution in [0.3, 0.4) is 0 Å². The van der Waals surface area contributed by atoms with Crippen LogP contribution in [0.5, 0.6) is 11.5 Å². The van der Waals surface area contributed by atoms with Crippen molar-refractivity contribution in [3.8, 4) is 11.5 Å². The Morgan fingerprint density at radius 1 is 1.02 bits per heavy atom. The van der Waals surface area contributed by atoms with Gasteiger partial charge in [-0.2, -0.15) is 18.3 Å². The number of aromatic amines is 1. The summed E-state index contributed by atoms with van der Waals surface area (Å²) in [6.07, 6.45) is 0.778. The summed E-state index contributed by atoms with van der Waals surface area (Å²) in [5, 5.41) is 13.7. The van der Waals surface area contributed by atoms with E-state index >= 15 is 0 Å². The molecule has 3 aromatic heterocycles. The fourth-order valence-corrected chi connectivity index (χ4v) is 4.64. The number of alkyl halides is 3. The Morgan fingerprint density at radius 3 is 2.55 bits per heavy atom. The van der Waals surface area contributed by atoms with Gasteiger partial charge >= 0.3 is 6.18 Å². The number of carbonyl (C=O) groups is 2. The SMILES string of the molecule is O=C(Nc1cc(C(F)(F)F)ccn1)c1ccc(Oc2ccnc3[nH]nc(N[C@@H]4CCN(C(=O)C5CC5)C4)c23)cc1. The Labute approximate surface area is 225 Å². The number of carbonyl (C=O) groups excluding carboxylic acids is 2. The van der Waals surface area contributed by atoms with E-state index in [9.17, 15) is 22.8 Å². The number of likely N-dealkylation sites (tertiary alicyclic amines) is 1. The van der Waals surface area contributed by atoms with E-state index in [0.717, 1.165) is 37.6 Å². The summed E-state index contributed by atoms with van der Waals surface area (Å²) in [7, 11) is 0. The zero-order chi connectivity index (χ0) is 27.9. The van der Waals surface area contributed by atoms with E-state index < -0.39 is 17.6 Å². The molecule has 0 unspecified atom stereocenters. The van der Waals surface area contributed by atoms with Crippen LogP contribution in [0.25, 0.3) is 11.0 Å². The Balaban J connectivity index is 1.14. The maximum Gasteiger partial charge on any atom is 0.416 e. The number of benzene rings is 1. The van der Waals surface area contributed by atoms with Crippen LogP contribution in [-0.4, -0.2) is 56.0 Å². The van der Waals surface area contributed by atoms with Gasteiger partial charge in [-0.1, -0.05) is 0 Å². The molecule has 0 spiro atoms. The van der Waals surface area contributed by atoms with Crippen molar-refractivity contribution in [3.63, 3.8) is 0 Å². The van der Waals surface area contributed by atoms with E-state index in [2.05, 4.69) is 30.8 Å². The Bertz CT molecular complexity index is 1570. The van der Waals surface area contributed by atoms with Gasteiger partial charge in [0.05, 0.1) is 5.56 Å². The first-order chi connectivity index (χ1) is 19.2. The first kappa shape index (κ1) is 25.6. The third kappa shape index (κ3) is 5.40. The smallest absolute Gasteiger partial charge is 0.416 e. The summed E-state index contributed by atoms with van der Waals surface area (Å²) < 4.78 is 44.9. The molecule has 2 fully saturated rings. The second-order valence-corrected chi connectivity index (χ2v) is 9.80. The van der Waals surface area contributed by atoms with Gasteiger partial charge in [0.1, 0.15) is 22.7 Å². The number of H-pyrrole nitrogens is 1. The lowest BCUT2D eigenvalue weighted by atomic mass is 10.2. The molecule has 1 atom stereocenters. The van der Waals surface area contributed by atoms with Gasteiger partial charge in [0.25, 0.3) is 5.91 Å². The quantitative estimate of drug-likeness (QED) is 0.300. The molecule has 13 heteroatoms. The topological polar surface area (TPSA) is 125 Å². The van der Waals surface area contributed by atoms with Gasteiger partial charge in [-0.3, -0.25) is 14.7 Å². The summed E-state index contributed by atoms with van der Waals surface area (Å²) in [6, 6.07) is 9.49. The zero-order valence-electron chi connectivity index (χ0n) is 21.0. The van der Waals surface area contributed by atoms with Crippen molar-refractivity contribution in [2.45, 2.75) is 31.5 Å². The molecular weight excluding hydrogens is 527 g/mol. The van der Waals surface area contributed by atoms with Crippen LogP contribution in [-0.2, 0) is 11.0 Å². The van der Waals surface area contributed by atoms with Crippen LogP contribution in [0.4, 0.5) is 24.8 Å². The number of nitrogens with one attached hydrogen (secondary N) is 3. The average Bonchev–Trinajstić information content (AvgIpc) is 3.55. The third-order valence-electron chi connectivity index (χ3n) is 6.86. The predicted molar refractivity (Wildman–Crippen MR) is 139 cm³/mol. The maximum absolute atomic E-state index is 12.9. The number of hydrogen-bond acceptors (Lipinski definition) is 7. The lowest BCUT2D eigenvalue weighted by Crippen LogP contribution is -2.32. The molecule has 2 aliphatic rings. The summed E-state index contributed by atoms with van der Waals surface area (Å²) in [4.78, 5) is 35.0. The molecule has 0 bridgehead atoms. The van der Waals surface area contributed by atoms with Crippen LogP contribution in [0, 0.1) is 5.92 Å². The summed E-state index contributed by atoms with van der Waals surface area (Å²) in [5.74, 6) is 1.06. The lowest BCUT2D eigenvalue weighted by Gasteiger charge is -2.17. The van der Waals surface area contributed by atoms with Crippen molar-refractivity contribution in [1.29, 1.82) is 0 Å². The molecule has 4 aromatic rings. The number of rotatable bonds is 7. The molecule has 1 saturated heterocycles. The minimum Gasteiger partial charge on any atom is -0.456 e. The minimum absolute atomic E-state index is 0.0476. The number of fused-ring (bicyclic) bond motifs is 1. The number of aromatic nitrogens is 4. The van der Waals surface area contributed by atoms with Gasteiger partial charge in [-0.15, -0.1) is 0 Å². The third-order valence-corrected chi connectivity index (χ3v) is 6.86. The van der Waals surface area contributed by atoms with Crippen molar-refractivity contribution in [2.24, 2.45) is 5.92 Å². The molecule has 0 radical (unpaired) electrons. The first-order valence-electron chi connectivity index (χ1n) is 12.8. The van der Waals surface area contributed by atoms with Crippen molar-refractivity contribution >= 4 is 34.5 Å². The molecule has 1 aliphatic carbocycles. The van der Waals surface area contributed by atoms with Crippen LogP contribution in [0.2, 0.25) is 0 Å². The minimum atomic E-state index is -4.54. The Hall–Kier alpha value is -4.68. The number of ether oxygens (including phenoxy) is 1. The van der Waals surface area contributed by atoms with Crippen molar-refractivity contribution in [1.82, 2.24) is 25.1 Å². The molecule has 2 amide bonds. The molecule has 206 valence electrons. The van der Waals surface area contributed by atoms with Gasteiger partial charge in [-0.25, -0.2) is 9.97 Å². The Kier molecular flexibility index (Phi) is 6.48. The molecule has 10 nitrogen and oxygen atoms in total. The molecule has 3 N–H and O–H groups in total. The number of nitrogens with zero attached hydrogens (tertiary/aromatic N) is 4. The second-order valence-electron chi connectivity index (χ2n) is 9.80. The number of halogens is 3. The zero-order valence-corrected chi connectivity index (χ0v) is 21.0. The lowest BCUT2D eigenvalue weighted by molar-refractivity contribution is -0.137. The fraction of sp³-hybridized carbons (Fsp3) is 0.296. The molecule has 1 aromatic carbocycles. The standard InChI is InChI=1S/C27H24F3N7O3/c28-27(29,30)17-7-10-31-21(13-17)34-25(38)15-3-5-19(6-4-15)40-20-8-11-32-23-22(20)24(36-35-23)33-18-9-12-37(14-18)26(39)16-1-2-16/h3-8,10-11,13,16,18H,1-2,9,12,14H2,(H,31,34,38)(H2,32,33,35,36)/t18-/m1/s1. The summed E-state index contributed by atoms with van der Waals surface area (Å²) in [6.45, 7) is 1.32. The number of hydrogen-bond donors (Lipinski definition) is 3. The Morgan fingerprint density at radius 2 is 1.80 bits per heavy atom. The van der Waals surface area contributed by atoms with E-state index in [4.69, 9.17) is 4.74 Å². The van der Waals surface area contributed by atoms with Gasteiger partial charge < -0.3 is 20.3 Å². The van der Waals surface area contributed by atoms with Crippen LogP contribution >= 0.6 is 0 Å². The maximum atomic E-state index is 12.9. The summed E-state index contributed by atoms with van der Waals surface area (Å²) >= 11 is 0. The van der Waals surface area contributed by atoms with Gasteiger partial charge in [0.15, 0.2) is 11.5 Å². The van der Waals surface area contributed by atoms with Gasteiger partial charge in [0, 0.05) is 49.1 Å². The monoisotopic (exact) mass is 551 g/mol. The molecule has 1 aliphatic heterocycles. The van der Waals surface area contributed by atoms with Gasteiger partial charge in [-0.05, 0) is 55.7 Å². The second kappa shape index (κ2) is 10.1.